The molecule has 3 aromatic rings. The molecule has 2 aliphatic heterocycles. The van der Waals surface area contributed by atoms with Crippen molar-refractivity contribution in [3.05, 3.63) is 53.6 Å². The number of aromatic amines is 1. The first-order chi connectivity index (χ1) is 13.8. The van der Waals surface area contributed by atoms with Gasteiger partial charge in [-0.15, -0.1) is 0 Å². The number of esters is 1. The summed E-state index contributed by atoms with van der Waals surface area (Å²) < 4.78 is 31.2. The molecule has 8 nitrogen and oxygen atoms in total. The van der Waals surface area contributed by atoms with Gasteiger partial charge in [0.05, 0.1) is 28.5 Å². The second kappa shape index (κ2) is 6.21. The van der Waals surface area contributed by atoms with Crippen LogP contribution in [0.25, 0.3) is 11.0 Å². The van der Waals surface area contributed by atoms with Gasteiger partial charge in [-0.25, -0.2) is 18.2 Å². The highest BCUT2D eigenvalue weighted by molar-refractivity contribution is 7.92. The van der Waals surface area contributed by atoms with Crippen molar-refractivity contribution < 1.29 is 17.9 Å². The number of ether oxygens (including phenoxy) is 1. The summed E-state index contributed by atoms with van der Waals surface area (Å²) in [5, 5.41) is 0. The maximum atomic E-state index is 12.2. The third kappa shape index (κ3) is 3.11. The average Bonchev–Trinajstić information content (AvgIpc) is 3.21. The number of benzene rings is 2. The number of hydrogen-bond donors (Lipinski definition) is 2. The summed E-state index contributed by atoms with van der Waals surface area (Å²) in [6.07, 6.45) is 2.49. The van der Waals surface area contributed by atoms with Gasteiger partial charge in [0.15, 0.2) is 0 Å². The fourth-order valence-corrected chi connectivity index (χ4v) is 4.78. The lowest BCUT2D eigenvalue weighted by molar-refractivity contribution is -0.0211. The number of fused-ring (bicyclic) bond motifs is 3. The molecule has 0 amide bonds. The van der Waals surface area contributed by atoms with Crippen molar-refractivity contribution in [2.45, 2.75) is 18.4 Å². The van der Waals surface area contributed by atoms with Crippen LogP contribution in [0.2, 0.25) is 0 Å². The quantitative estimate of drug-likeness (QED) is 0.641. The van der Waals surface area contributed by atoms with Crippen LogP contribution in [0, 0.1) is 0 Å². The highest BCUT2D eigenvalue weighted by atomic mass is 32.2. The van der Waals surface area contributed by atoms with Crippen molar-refractivity contribution in [1.82, 2.24) is 9.97 Å². The predicted molar refractivity (Wildman–Crippen MR) is 110 cm³/mol. The van der Waals surface area contributed by atoms with Gasteiger partial charge in [-0.2, -0.15) is 0 Å². The average molecular weight is 412 g/mol. The fourth-order valence-electron chi connectivity index (χ4n) is 4.22. The molecular formula is C20H20N4O4S. The lowest BCUT2D eigenvalue weighted by Crippen LogP contribution is -2.43. The van der Waals surface area contributed by atoms with E-state index in [1.54, 1.807) is 18.2 Å². The van der Waals surface area contributed by atoms with Crippen LogP contribution in [0.15, 0.2) is 42.5 Å². The fraction of sp³-hybridized carbons (Fsp3) is 0.300. The van der Waals surface area contributed by atoms with E-state index in [2.05, 4.69) is 19.6 Å². The van der Waals surface area contributed by atoms with Gasteiger partial charge in [0, 0.05) is 31.5 Å². The maximum Gasteiger partial charge on any atom is 0.339 e. The van der Waals surface area contributed by atoms with E-state index in [0.717, 1.165) is 28.8 Å². The minimum Gasteiger partial charge on any atom is -0.450 e. The zero-order valence-corrected chi connectivity index (χ0v) is 16.6. The smallest absolute Gasteiger partial charge is 0.339 e. The van der Waals surface area contributed by atoms with Crippen LogP contribution in [-0.4, -0.2) is 43.7 Å². The molecule has 0 atom stereocenters. The molecule has 2 aliphatic rings. The summed E-state index contributed by atoms with van der Waals surface area (Å²) in [5.41, 5.74) is 3.09. The van der Waals surface area contributed by atoms with Crippen LogP contribution in [0.3, 0.4) is 0 Å². The van der Waals surface area contributed by atoms with Gasteiger partial charge in [-0.05, 0) is 24.3 Å². The first-order valence-corrected chi connectivity index (χ1v) is 11.3. The molecule has 9 heteroatoms. The first-order valence-electron chi connectivity index (χ1n) is 9.38. The molecule has 0 unspecified atom stereocenters. The Bertz CT molecular complexity index is 1230. The van der Waals surface area contributed by atoms with Crippen molar-refractivity contribution in [3.63, 3.8) is 0 Å². The Kier molecular flexibility index (Phi) is 3.86. The van der Waals surface area contributed by atoms with Crippen LogP contribution in [0.4, 0.5) is 11.6 Å². The topological polar surface area (TPSA) is 104 Å². The predicted octanol–water partition coefficient (Wildman–Crippen LogP) is 2.60. The van der Waals surface area contributed by atoms with Gasteiger partial charge in [0.25, 0.3) is 0 Å². The Morgan fingerprint density at radius 2 is 1.93 bits per heavy atom. The largest absolute Gasteiger partial charge is 0.450 e. The number of H-pyrrole nitrogens is 1. The molecule has 2 N–H and O–H groups in total. The molecule has 0 radical (unpaired) electrons. The Morgan fingerprint density at radius 1 is 1.17 bits per heavy atom. The number of carbonyl (C=O) groups excluding carboxylic acids is 1. The molecule has 0 saturated carbocycles. The van der Waals surface area contributed by atoms with Crippen molar-refractivity contribution in [2.75, 3.05) is 29.0 Å². The van der Waals surface area contributed by atoms with E-state index < -0.39 is 15.6 Å². The van der Waals surface area contributed by atoms with Crippen molar-refractivity contribution in [2.24, 2.45) is 0 Å². The first kappa shape index (κ1) is 18.0. The number of carbonyl (C=O) groups is 1. The number of imidazole rings is 1. The summed E-state index contributed by atoms with van der Waals surface area (Å²) in [7, 11) is -3.34. The molecular weight excluding hydrogens is 392 g/mol. The maximum absolute atomic E-state index is 12.2. The molecule has 0 aliphatic carbocycles. The Balaban J connectivity index is 1.37. The number of rotatable bonds is 3. The highest BCUT2D eigenvalue weighted by Gasteiger charge is 2.47. The summed E-state index contributed by atoms with van der Waals surface area (Å²) in [6, 6.07) is 12.8. The van der Waals surface area contributed by atoms with Crippen LogP contribution >= 0.6 is 0 Å². The summed E-state index contributed by atoms with van der Waals surface area (Å²) in [6.45, 7) is 1.38. The monoisotopic (exact) mass is 412 g/mol. The number of piperidine rings is 1. The van der Waals surface area contributed by atoms with E-state index in [-0.39, 0.29) is 5.97 Å². The molecule has 5 rings (SSSR count). The van der Waals surface area contributed by atoms with Crippen LogP contribution in [0.5, 0.6) is 0 Å². The molecule has 3 heterocycles. The van der Waals surface area contributed by atoms with Crippen LogP contribution in [-0.2, 0) is 20.4 Å². The molecule has 2 aromatic carbocycles. The highest BCUT2D eigenvalue weighted by Crippen LogP contribution is 2.44. The minimum atomic E-state index is -3.34. The normalized spacial score (nSPS) is 18.1. The van der Waals surface area contributed by atoms with E-state index >= 15 is 0 Å². The minimum absolute atomic E-state index is 0.247. The number of nitrogens with zero attached hydrogens (tertiary/aromatic N) is 2. The van der Waals surface area contributed by atoms with Gasteiger partial charge in [0.1, 0.15) is 5.60 Å². The van der Waals surface area contributed by atoms with Gasteiger partial charge >= 0.3 is 5.97 Å². The zero-order valence-electron chi connectivity index (χ0n) is 15.8. The molecule has 1 aromatic heterocycles. The molecule has 29 heavy (non-hydrogen) atoms. The molecule has 1 fully saturated rings. The summed E-state index contributed by atoms with van der Waals surface area (Å²) in [4.78, 5) is 22.3. The number of aromatic nitrogens is 2. The third-order valence-electron chi connectivity index (χ3n) is 5.57. The number of sulfonamides is 1. The molecule has 1 saturated heterocycles. The van der Waals surface area contributed by atoms with Gasteiger partial charge < -0.3 is 14.6 Å². The summed E-state index contributed by atoms with van der Waals surface area (Å²) >= 11 is 0. The van der Waals surface area contributed by atoms with E-state index in [4.69, 9.17) is 4.74 Å². The second-order valence-corrected chi connectivity index (χ2v) is 9.33. The number of nitrogens with one attached hydrogen (secondary N) is 2. The van der Waals surface area contributed by atoms with Gasteiger partial charge in [-0.3, -0.25) is 4.72 Å². The lowest BCUT2D eigenvalue weighted by atomic mass is 9.84. The standard InChI is InChI=1S/C20H20N4O4S/c1-29(26,27)23-13-6-7-16-17(12-13)22-19(21-16)24-10-8-20(9-11-24)15-5-3-2-4-14(15)18(25)28-20/h2-7,12,23H,8-11H2,1H3,(H,21,22). The summed E-state index contributed by atoms with van der Waals surface area (Å²) in [5.74, 6) is 0.479. The zero-order chi connectivity index (χ0) is 20.2. The van der Waals surface area contributed by atoms with E-state index in [0.29, 0.717) is 37.2 Å². The third-order valence-corrected chi connectivity index (χ3v) is 6.18. The Labute approximate surface area is 167 Å². The van der Waals surface area contributed by atoms with E-state index in [9.17, 15) is 13.2 Å². The van der Waals surface area contributed by atoms with Crippen molar-refractivity contribution in [1.29, 1.82) is 0 Å². The number of anilines is 2. The van der Waals surface area contributed by atoms with Crippen molar-refractivity contribution in [3.8, 4) is 0 Å². The Hall–Kier alpha value is -3.07. The molecule has 150 valence electrons. The second-order valence-electron chi connectivity index (χ2n) is 7.58. The molecule has 0 bridgehead atoms. The van der Waals surface area contributed by atoms with Crippen LogP contribution < -0.4 is 9.62 Å². The van der Waals surface area contributed by atoms with Gasteiger partial charge in [0.2, 0.25) is 16.0 Å². The molecule has 1 spiro atoms. The Morgan fingerprint density at radius 3 is 2.69 bits per heavy atom. The SMILES string of the molecule is CS(=O)(=O)Nc1ccc2nc(N3CCC4(CC3)OC(=O)c3ccccc34)[nH]c2c1. The van der Waals surface area contributed by atoms with Gasteiger partial charge in [-0.1, -0.05) is 18.2 Å². The van der Waals surface area contributed by atoms with E-state index in [1.807, 2.05) is 24.3 Å². The van der Waals surface area contributed by atoms with E-state index in [1.165, 1.54) is 0 Å². The van der Waals surface area contributed by atoms with Crippen LogP contribution in [0.1, 0.15) is 28.8 Å². The lowest BCUT2D eigenvalue weighted by Gasteiger charge is -2.38. The number of hydrogen-bond acceptors (Lipinski definition) is 6. The van der Waals surface area contributed by atoms with Crippen molar-refractivity contribution >= 4 is 38.7 Å².